The smallest absolute Gasteiger partial charge is 0.115 e. The van der Waals surface area contributed by atoms with E-state index in [4.69, 9.17) is 14.2 Å². The van der Waals surface area contributed by atoms with Crippen LogP contribution in [0.3, 0.4) is 0 Å². The Morgan fingerprint density at radius 1 is 0.541 bits per heavy atom. The largest absolute Gasteiger partial charge is 0.389 e. The van der Waals surface area contributed by atoms with Crippen LogP contribution in [0.25, 0.3) is 0 Å². The van der Waals surface area contributed by atoms with E-state index in [0.29, 0.717) is 19.8 Å². The fraction of sp³-hybridized carbons (Fsp3) is 0.419. The van der Waals surface area contributed by atoms with Crippen LogP contribution in [-0.4, -0.2) is 64.8 Å². The van der Waals surface area contributed by atoms with Crippen molar-refractivity contribution in [2.45, 2.75) is 69.2 Å². The second kappa shape index (κ2) is 12.8. The minimum Gasteiger partial charge on any atom is -0.389 e. The number of hydrogen-bond donors (Lipinski definition) is 2. The van der Waals surface area contributed by atoms with Gasteiger partial charge in [0.15, 0.2) is 0 Å². The fourth-order valence-corrected chi connectivity index (χ4v) is 5.51. The molecule has 6 atom stereocenters. The van der Waals surface area contributed by atoms with Crippen molar-refractivity contribution < 1.29 is 24.4 Å². The zero-order valence-corrected chi connectivity index (χ0v) is 21.1. The maximum Gasteiger partial charge on any atom is 0.115 e. The van der Waals surface area contributed by atoms with Crippen molar-refractivity contribution in [1.82, 2.24) is 4.90 Å². The number of hydrogen-bond acceptors (Lipinski definition) is 6. The normalized spacial score (nSPS) is 28.4. The van der Waals surface area contributed by atoms with Crippen LogP contribution in [0.5, 0.6) is 0 Å². The number of ether oxygens (including phenoxy) is 3. The molecule has 2 N–H and O–H groups in total. The minimum atomic E-state index is -1.10. The number of benzene rings is 3. The molecule has 1 saturated carbocycles. The third-order valence-electron chi connectivity index (χ3n) is 7.44. The molecular weight excluding hydrogens is 466 g/mol. The zero-order chi connectivity index (χ0) is 25.5. The Hall–Kier alpha value is -2.58. The van der Waals surface area contributed by atoms with E-state index in [1.165, 1.54) is 0 Å². The van der Waals surface area contributed by atoms with Crippen LogP contribution in [0.4, 0.5) is 0 Å². The molecule has 1 heterocycles. The first-order valence-electron chi connectivity index (χ1n) is 13.3. The third kappa shape index (κ3) is 6.47. The lowest BCUT2D eigenvalue weighted by Gasteiger charge is -2.50. The van der Waals surface area contributed by atoms with Gasteiger partial charge < -0.3 is 24.4 Å². The fourth-order valence-electron chi connectivity index (χ4n) is 5.51. The Labute approximate surface area is 219 Å². The predicted octanol–water partition coefficient (Wildman–Crippen LogP) is 3.94. The Kier molecular flexibility index (Phi) is 9.00. The van der Waals surface area contributed by atoms with E-state index in [9.17, 15) is 10.2 Å². The molecule has 3 aromatic rings. The molecule has 0 aromatic heterocycles. The van der Waals surface area contributed by atoms with Crippen LogP contribution in [0.1, 0.15) is 29.5 Å². The average Bonchev–Trinajstić information content (AvgIpc) is 3.48. The summed E-state index contributed by atoms with van der Waals surface area (Å²) >= 11 is 0. The summed E-state index contributed by atoms with van der Waals surface area (Å²) in [5, 5.41) is 22.8. The van der Waals surface area contributed by atoms with Crippen LogP contribution in [-0.2, 0) is 34.0 Å². The maximum absolute atomic E-state index is 11.4. The molecule has 0 unspecified atom stereocenters. The monoisotopic (exact) mass is 503 g/mol. The van der Waals surface area contributed by atoms with Gasteiger partial charge in [0.05, 0.1) is 25.9 Å². The van der Waals surface area contributed by atoms with E-state index in [-0.39, 0.29) is 0 Å². The molecule has 5 rings (SSSR count). The number of rotatable bonds is 10. The summed E-state index contributed by atoms with van der Waals surface area (Å²) in [6, 6.07) is 29.5. The third-order valence-corrected chi connectivity index (χ3v) is 7.44. The second-order valence-corrected chi connectivity index (χ2v) is 10.00. The van der Waals surface area contributed by atoms with Crippen molar-refractivity contribution in [3.63, 3.8) is 0 Å². The number of nitrogens with zero attached hydrogens (tertiary/aromatic N) is 1. The first-order valence-corrected chi connectivity index (χ1v) is 13.3. The van der Waals surface area contributed by atoms with Gasteiger partial charge in [0.2, 0.25) is 0 Å². The van der Waals surface area contributed by atoms with Gasteiger partial charge in [-0.05, 0) is 42.6 Å². The first-order chi connectivity index (χ1) is 18.2. The van der Waals surface area contributed by atoms with Crippen LogP contribution in [0.2, 0.25) is 0 Å². The molecule has 2 fully saturated rings. The van der Waals surface area contributed by atoms with E-state index < -0.39 is 36.6 Å². The van der Waals surface area contributed by atoms with E-state index in [0.717, 1.165) is 42.6 Å². The summed E-state index contributed by atoms with van der Waals surface area (Å²) in [6.07, 6.45) is -1.80. The Balaban J connectivity index is 1.43. The highest BCUT2D eigenvalue weighted by Gasteiger charge is 2.54. The van der Waals surface area contributed by atoms with Gasteiger partial charge in [-0.25, -0.2) is 0 Å². The van der Waals surface area contributed by atoms with Crippen molar-refractivity contribution in [3.8, 4) is 0 Å². The number of aliphatic hydroxyl groups is 2. The summed E-state index contributed by atoms with van der Waals surface area (Å²) in [6.45, 7) is 2.77. The molecule has 0 radical (unpaired) electrons. The van der Waals surface area contributed by atoms with Gasteiger partial charge in [0.25, 0.3) is 0 Å². The first kappa shape index (κ1) is 26.0. The number of likely N-dealkylation sites (tertiary alicyclic amines) is 1. The van der Waals surface area contributed by atoms with Gasteiger partial charge in [-0.3, -0.25) is 4.90 Å². The lowest BCUT2D eigenvalue weighted by molar-refractivity contribution is -0.251. The second-order valence-electron chi connectivity index (χ2n) is 10.00. The van der Waals surface area contributed by atoms with E-state index in [1.807, 2.05) is 91.0 Å². The van der Waals surface area contributed by atoms with Crippen molar-refractivity contribution in [2.24, 2.45) is 0 Å². The molecule has 2 aliphatic rings. The molecule has 1 saturated heterocycles. The van der Waals surface area contributed by atoms with Gasteiger partial charge in [0.1, 0.15) is 30.5 Å². The van der Waals surface area contributed by atoms with Crippen molar-refractivity contribution in [2.75, 3.05) is 13.1 Å². The SMILES string of the molecule is O[C@@H]1[C@H](O)[C@@H](OCc2ccccc2)[C@H](OCc2ccccc2)[C@@H](OCc2ccccc2)[C@H]1N1CCCC1. The molecule has 1 aliphatic carbocycles. The van der Waals surface area contributed by atoms with Crippen LogP contribution in [0, 0.1) is 0 Å². The summed E-state index contributed by atoms with van der Waals surface area (Å²) in [7, 11) is 0. The van der Waals surface area contributed by atoms with E-state index >= 15 is 0 Å². The topological polar surface area (TPSA) is 71.4 Å². The lowest BCUT2D eigenvalue weighted by atomic mass is 9.81. The quantitative estimate of drug-likeness (QED) is 0.437. The van der Waals surface area contributed by atoms with Gasteiger partial charge in [0, 0.05) is 0 Å². The van der Waals surface area contributed by atoms with Crippen molar-refractivity contribution in [1.29, 1.82) is 0 Å². The summed E-state index contributed by atoms with van der Waals surface area (Å²) in [5.74, 6) is 0. The molecule has 0 bridgehead atoms. The summed E-state index contributed by atoms with van der Waals surface area (Å²) < 4.78 is 19.4. The number of aliphatic hydroxyl groups excluding tert-OH is 2. The van der Waals surface area contributed by atoms with Gasteiger partial charge in [-0.2, -0.15) is 0 Å². The molecule has 0 amide bonds. The molecule has 3 aromatic carbocycles. The van der Waals surface area contributed by atoms with Gasteiger partial charge in [-0.1, -0.05) is 91.0 Å². The highest BCUT2D eigenvalue weighted by atomic mass is 16.6. The molecule has 37 heavy (non-hydrogen) atoms. The summed E-state index contributed by atoms with van der Waals surface area (Å²) in [4.78, 5) is 2.25. The van der Waals surface area contributed by atoms with Crippen LogP contribution < -0.4 is 0 Å². The maximum atomic E-state index is 11.4. The molecule has 6 heteroatoms. The Morgan fingerprint density at radius 3 is 1.41 bits per heavy atom. The lowest BCUT2D eigenvalue weighted by Crippen LogP contribution is -2.69. The Morgan fingerprint density at radius 2 is 0.946 bits per heavy atom. The standard InChI is InChI=1S/C31H37NO5/c33-27-26(32-18-10-11-19-32)29(35-20-23-12-4-1-5-13-23)31(37-22-25-16-8-3-9-17-25)30(28(27)34)36-21-24-14-6-2-7-15-24/h1-9,12-17,26-31,33-34H,10-11,18-22H2/t26-,27-,28-,29-,30+,31+/m0/s1. The molecule has 196 valence electrons. The van der Waals surface area contributed by atoms with Crippen LogP contribution >= 0.6 is 0 Å². The summed E-state index contributed by atoms with van der Waals surface area (Å²) in [5.41, 5.74) is 3.07. The highest BCUT2D eigenvalue weighted by molar-refractivity contribution is 5.16. The molecule has 6 nitrogen and oxygen atoms in total. The van der Waals surface area contributed by atoms with E-state index in [2.05, 4.69) is 4.90 Å². The highest BCUT2D eigenvalue weighted by Crippen LogP contribution is 2.34. The molecule has 0 spiro atoms. The van der Waals surface area contributed by atoms with Crippen molar-refractivity contribution >= 4 is 0 Å². The zero-order valence-electron chi connectivity index (χ0n) is 21.1. The Bertz CT molecular complexity index is 1060. The molecule has 1 aliphatic heterocycles. The van der Waals surface area contributed by atoms with Crippen LogP contribution in [0.15, 0.2) is 91.0 Å². The van der Waals surface area contributed by atoms with Gasteiger partial charge in [-0.15, -0.1) is 0 Å². The minimum absolute atomic E-state index is 0.306. The van der Waals surface area contributed by atoms with E-state index in [1.54, 1.807) is 0 Å². The molecular formula is C31H37NO5. The average molecular weight is 504 g/mol. The predicted molar refractivity (Wildman–Crippen MR) is 142 cm³/mol. The van der Waals surface area contributed by atoms with Gasteiger partial charge >= 0.3 is 0 Å². The van der Waals surface area contributed by atoms with Crippen molar-refractivity contribution in [3.05, 3.63) is 108 Å².